The normalized spacial score (nSPS) is 13.2. The first kappa shape index (κ1) is 13.0. The van der Waals surface area contributed by atoms with E-state index in [1.165, 1.54) is 0 Å². The van der Waals surface area contributed by atoms with Crippen LogP contribution in [0.25, 0.3) is 0 Å². The molecule has 1 unspecified atom stereocenters. The van der Waals surface area contributed by atoms with Gasteiger partial charge in [-0.15, -0.1) is 0 Å². The van der Waals surface area contributed by atoms with Crippen molar-refractivity contribution < 1.29 is 4.39 Å². The van der Waals surface area contributed by atoms with Gasteiger partial charge in [-0.1, -0.05) is 26.0 Å². The van der Waals surface area contributed by atoms with Crippen LogP contribution in [0.5, 0.6) is 0 Å². The van der Waals surface area contributed by atoms with Gasteiger partial charge in [-0.3, -0.25) is 0 Å². The Kier molecular flexibility index (Phi) is 5.09. The molecule has 0 aromatic heterocycles. The van der Waals surface area contributed by atoms with Crippen molar-refractivity contribution in [3.63, 3.8) is 0 Å². The fourth-order valence-corrected chi connectivity index (χ4v) is 2.35. The highest BCUT2D eigenvalue weighted by atomic mass is 79.9. The predicted octanol–water partition coefficient (Wildman–Crippen LogP) is 3.73. The molecule has 0 saturated heterocycles. The molecule has 84 valence electrons. The summed E-state index contributed by atoms with van der Waals surface area (Å²) in [7, 11) is 0. The fraction of sp³-hybridized carbons (Fsp3) is 0.455. The average molecular weight is 292 g/mol. The number of hydrogen-bond donors (Lipinski definition) is 1. The van der Waals surface area contributed by atoms with Gasteiger partial charge in [-0.25, -0.2) is 4.39 Å². The molecule has 0 saturated carbocycles. The molecular formula is C11H15BrFNS. The van der Waals surface area contributed by atoms with Crippen molar-refractivity contribution >= 4 is 27.7 Å². The second-order valence-corrected chi connectivity index (χ2v) is 6.10. The zero-order chi connectivity index (χ0) is 11.4. The number of benzene rings is 1. The van der Waals surface area contributed by atoms with Crippen LogP contribution in [0, 0.1) is 5.82 Å². The zero-order valence-electron chi connectivity index (χ0n) is 8.84. The van der Waals surface area contributed by atoms with Crippen molar-refractivity contribution in [3.05, 3.63) is 34.1 Å². The van der Waals surface area contributed by atoms with Crippen molar-refractivity contribution in [1.29, 1.82) is 0 Å². The van der Waals surface area contributed by atoms with E-state index in [9.17, 15) is 4.39 Å². The van der Waals surface area contributed by atoms with Crippen LogP contribution in [0.15, 0.2) is 22.7 Å². The van der Waals surface area contributed by atoms with E-state index in [2.05, 4.69) is 29.8 Å². The lowest BCUT2D eigenvalue weighted by molar-refractivity contribution is 0.589. The Bertz CT molecular complexity index is 330. The molecule has 0 fully saturated rings. The van der Waals surface area contributed by atoms with E-state index >= 15 is 0 Å². The summed E-state index contributed by atoms with van der Waals surface area (Å²) in [6.45, 7) is 4.21. The fourth-order valence-electron chi connectivity index (χ4n) is 1.19. The molecule has 1 atom stereocenters. The van der Waals surface area contributed by atoms with Crippen LogP contribution >= 0.6 is 27.7 Å². The highest BCUT2D eigenvalue weighted by Gasteiger charge is 2.13. The Morgan fingerprint density at radius 3 is 2.73 bits per heavy atom. The molecule has 15 heavy (non-hydrogen) atoms. The summed E-state index contributed by atoms with van der Waals surface area (Å²) in [5.41, 5.74) is 6.51. The van der Waals surface area contributed by atoms with Gasteiger partial charge in [-0.05, 0) is 27.2 Å². The third-order valence-corrected chi connectivity index (χ3v) is 3.82. The summed E-state index contributed by atoms with van der Waals surface area (Å²) in [4.78, 5) is 0. The molecule has 2 N–H and O–H groups in total. The Hall–Kier alpha value is -0.0600. The molecular weight excluding hydrogens is 277 g/mol. The minimum absolute atomic E-state index is 0.241. The summed E-state index contributed by atoms with van der Waals surface area (Å²) in [5, 5.41) is 0.520. The molecule has 0 spiro atoms. The molecule has 4 heteroatoms. The molecule has 0 radical (unpaired) electrons. The van der Waals surface area contributed by atoms with Gasteiger partial charge in [0.2, 0.25) is 0 Å². The van der Waals surface area contributed by atoms with Crippen LogP contribution in [0.4, 0.5) is 4.39 Å². The maximum Gasteiger partial charge on any atom is 0.142 e. The lowest BCUT2D eigenvalue weighted by Gasteiger charge is -2.14. The largest absolute Gasteiger partial charge is 0.323 e. The highest BCUT2D eigenvalue weighted by molar-refractivity contribution is 9.10. The van der Waals surface area contributed by atoms with Gasteiger partial charge < -0.3 is 5.73 Å². The standard InChI is InChI=1S/C11H15BrFNS/c1-7(2)15-6-10(14)8-4-3-5-9(12)11(8)13/h3-5,7,10H,6,14H2,1-2H3. The zero-order valence-corrected chi connectivity index (χ0v) is 11.2. The van der Waals surface area contributed by atoms with E-state index in [0.29, 0.717) is 15.3 Å². The second kappa shape index (κ2) is 5.87. The summed E-state index contributed by atoms with van der Waals surface area (Å²) in [6, 6.07) is 4.99. The first-order valence-electron chi connectivity index (χ1n) is 4.83. The average Bonchev–Trinajstić information content (AvgIpc) is 2.18. The maximum absolute atomic E-state index is 13.6. The topological polar surface area (TPSA) is 26.0 Å². The number of halogens is 2. The van der Waals surface area contributed by atoms with Gasteiger partial charge in [0.15, 0.2) is 0 Å². The first-order chi connectivity index (χ1) is 7.02. The summed E-state index contributed by atoms with van der Waals surface area (Å²) in [6.07, 6.45) is 0. The summed E-state index contributed by atoms with van der Waals surface area (Å²) in [5.74, 6) is 0.500. The monoisotopic (exact) mass is 291 g/mol. The summed E-state index contributed by atoms with van der Waals surface area (Å²) >= 11 is 4.90. The van der Waals surface area contributed by atoms with E-state index in [1.807, 2.05) is 6.07 Å². The Balaban J connectivity index is 2.73. The number of rotatable bonds is 4. The minimum atomic E-state index is -0.241. The maximum atomic E-state index is 13.6. The molecule has 0 amide bonds. The SMILES string of the molecule is CC(C)SCC(N)c1cccc(Br)c1F. The van der Waals surface area contributed by atoms with Gasteiger partial charge in [0.1, 0.15) is 5.82 Å². The Morgan fingerprint density at radius 2 is 2.13 bits per heavy atom. The number of hydrogen-bond acceptors (Lipinski definition) is 2. The van der Waals surface area contributed by atoms with E-state index < -0.39 is 0 Å². The number of thioether (sulfide) groups is 1. The van der Waals surface area contributed by atoms with Crippen LogP contribution in [-0.2, 0) is 0 Å². The molecule has 0 aliphatic heterocycles. The lowest BCUT2D eigenvalue weighted by Crippen LogP contribution is -2.16. The summed E-state index contributed by atoms with van der Waals surface area (Å²) < 4.78 is 14.1. The predicted molar refractivity (Wildman–Crippen MR) is 68.6 cm³/mol. The van der Waals surface area contributed by atoms with Crippen molar-refractivity contribution in [2.24, 2.45) is 5.73 Å². The van der Waals surface area contributed by atoms with Crippen molar-refractivity contribution in [2.75, 3.05) is 5.75 Å². The lowest BCUT2D eigenvalue weighted by atomic mass is 10.1. The van der Waals surface area contributed by atoms with Gasteiger partial charge in [-0.2, -0.15) is 11.8 Å². The van der Waals surface area contributed by atoms with Gasteiger partial charge in [0.05, 0.1) is 4.47 Å². The van der Waals surface area contributed by atoms with Gasteiger partial charge in [0, 0.05) is 17.4 Å². The van der Waals surface area contributed by atoms with E-state index in [1.54, 1.807) is 23.9 Å². The molecule has 0 aliphatic rings. The van der Waals surface area contributed by atoms with E-state index in [0.717, 1.165) is 5.75 Å². The molecule has 1 aromatic rings. The first-order valence-corrected chi connectivity index (χ1v) is 6.67. The van der Waals surface area contributed by atoms with Crippen molar-refractivity contribution in [2.45, 2.75) is 25.1 Å². The third-order valence-electron chi connectivity index (χ3n) is 1.99. The van der Waals surface area contributed by atoms with Crippen molar-refractivity contribution in [1.82, 2.24) is 0 Å². The molecule has 0 heterocycles. The van der Waals surface area contributed by atoms with Crippen LogP contribution in [-0.4, -0.2) is 11.0 Å². The highest BCUT2D eigenvalue weighted by Crippen LogP contribution is 2.25. The van der Waals surface area contributed by atoms with Crippen LogP contribution < -0.4 is 5.73 Å². The molecule has 0 aliphatic carbocycles. The Morgan fingerprint density at radius 1 is 1.47 bits per heavy atom. The van der Waals surface area contributed by atoms with E-state index in [-0.39, 0.29) is 11.9 Å². The van der Waals surface area contributed by atoms with Crippen LogP contribution in [0.2, 0.25) is 0 Å². The smallest absolute Gasteiger partial charge is 0.142 e. The molecule has 1 nitrogen and oxygen atoms in total. The second-order valence-electron chi connectivity index (χ2n) is 3.63. The van der Waals surface area contributed by atoms with Gasteiger partial charge in [0.25, 0.3) is 0 Å². The van der Waals surface area contributed by atoms with Crippen LogP contribution in [0.1, 0.15) is 25.5 Å². The van der Waals surface area contributed by atoms with E-state index in [4.69, 9.17) is 5.73 Å². The van der Waals surface area contributed by atoms with Crippen LogP contribution in [0.3, 0.4) is 0 Å². The molecule has 0 bridgehead atoms. The Labute approximate surface area is 103 Å². The molecule has 1 rings (SSSR count). The minimum Gasteiger partial charge on any atom is -0.323 e. The quantitative estimate of drug-likeness (QED) is 0.915. The number of nitrogens with two attached hydrogens (primary N) is 1. The van der Waals surface area contributed by atoms with Crippen molar-refractivity contribution in [3.8, 4) is 0 Å². The third kappa shape index (κ3) is 3.78. The molecule has 1 aromatic carbocycles. The van der Waals surface area contributed by atoms with Gasteiger partial charge >= 0.3 is 0 Å².